The highest BCUT2D eigenvalue weighted by Crippen LogP contribution is 2.23. The average molecular weight is 326 g/mol. The summed E-state index contributed by atoms with van der Waals surface area (Å²) < 4.78 is 2.12. The van der Waals surface area contributed by atoms with Crippen LogP contribution in [0, 0.1) is 0 Å². The van der Waals surface area contributed by atoms with Gasteiger partial charge in [-0.1, -0.05) is 6.07 Å². The lowest BCUT2D eigenvalue weighted by atomic mass is 10.1. The van der Waals surface area contributed by atoms with Crippen LogP contribution in [0.25, 0.3) is 10.7 Å². The molecule has 118 valence electrons. The van der Waals surface area contributed by atoms with Crippen LogP contribution in [-0.4, -0.2) is 26.0 Å². The zero-order valence-electron chi connectivity index (χ0n) is 13.0. The van der Waals surface area contributed by atoms with Gasteiger partial charge in [0, 0.05) is 45.0 Å². The molecule has 0 radical (unpaired) electrons. The third kappa shape index (κ3) is 2.75. The van der Waals surface area contributed by atoms with Crippen molar-refractivity contribution in [2.24, 2.45) is 7.05 Å². The number of nitrogens with zero attached hydrogens (tertiary/aromatic N) is 3. The van der Waals surface area contributed by atoms with Crippen LogP contribution in [0.1, 0.15) is 17.0 Å². The van der Waals surface area contributed by atoms with E-state index < -0.39 is 0 Å². The Morgan fingerprint density at radius 2 is 2.26 bits per heavy atom. The molecule has 0 saturated carbocycles. The van der Waals surface area contributed by atoms with Crippen molar-refractivity contribution >= 4 is 11.3 Å². The molecule has 0 amide bonds. The van der Waals surface area contributed by atoms with E-state index in [2.05, 4.69) is 44.8 Å². The molecule has 3 aromatic rings. The van der Waals surface area contributed by atoms with E-state index in [9.17, 15) is 4.79 Å². The molecule has 0 aliphatic carbocycles. The van der Waals surface area contributed by atoms with Gasteiger partial charge in [0.25, 0.3) is 5.56 Å². The smallest absolute Gasteiger partial charge is 0.255 e. The SMILES string of the molecule is Cn1cccc1CN1CCc2nc(-c3cccs3)[nH]c(=O)c2C1. The topological polar surface area (TPSA) is 53.9 Å². The summed E-state index contributed by atoms with van der Waals surface area (Å²) in [4.78, 5) is 23.4. The summed E-state index contributed by atoms with van der Waals surface area (Å²) in [5.74, 6) is 0.694. The quantitative estimate of drug-likeness (QED) is 0.804. The molecule has 6 heteroatoms. The molecule has 1 aliphatic rings. The van der Waals surface area contributed by atoms with E-state index in [-0.39, 0.29) is 5.56 Å². The summed E-state index contributed by atoms with van der Waals surface area (Å²) in [5.41, 5.74) is 3.01. The Morgan fingerprint density at radius 1 is 1.35 bits per heavy atom. The van der Waals surface area contributed by atoms with Crippen LogP contribution >= 0.6 is 11.3 Å². The lowest BCUT2D eigenvalue weighted by Gasteiger charge is -2.27. The van der Waals surface area contributed by atoms with Crippen molar-refractivity contribution in [3.8, 4) is 10.7 Å². The second kappa shape index (κ2) is 5.79. The first-order valence-corrected chi connectivity index (χ1v) is 8.57. The van der Waals surface area contributed by atoms with Crippen molar-refractivity contribution in [2.75, 3.05) is 6.54 Å². The molecule has 4 rings (SSSR count). The van der Waals surface area contributed by atoms with E-state index in [0.717, 1.165) is 35.6 Å². The molecule has 1 aliphatic heterocycles. The largest absolute Gasteiger partial charge is 0.353 e. The summed E-state index contributed by atoms with van der Waals surface area (Å²) in [6.45, 7) is 2.45. The van der Waals surface area contributed by atoms with Gasteiger partial charge in [-0.2, -0.15) is 0 Å². The van der Waals surface area contributed by atoms with Gasteiger partial charge in [0.1, 0.15) is 0 Å². The summed E-state index contributed by atoms with van der Waals surface area (Å²) in [5, 5.41) is 2.00. The number of fused-ring (bicyclic) bond motifs is 1. The summed E-state index contributed by atoms with van der Waals surface area (Å²) in [7, 11) is 2.05. The van der Waals surface area contributed by atoms with Gasteiger partial charge in [-0.3, -0.25) is 9.69 Å². The van der Waals surface area contributed by atoms with Crippen molar-refractivity contribution < 1.29 is 0 Å². The highest BCUT2D eigenvalue weighted by Gasteiger charge is 2.22. The number of H-pyrrole nitrogens is 1. The van der Waals surface area contributed by atoms with Crippen LogP contribution in [0.5, 0.6) is 0 Å². The van der Waals surface area contributed by atoms with Gasteiger partial charge in [-0.05, 0) is 23.6 Å². The second-order valence-corrected chi connectivity index (χ2v) is 6.84. The molecule has 4 heterocycles. The highest BCUT2D eigenvalue weighted by atomic mass is 32.1. The van der Waals surface area contributed by atoms with Crippen LogP contribution in [0.15, 0.2) is 40.6 Å². The Balaban J connectivity index is 1.60. The van der Waals surface area contributed by atoms with Gasteiger partial charge in [0.05, 0.1) is 16.1 Å². The Hall–Kier alpha value is -2.18. The number of hydrogen-bond donors (Lipinski definition) is 1. The number of aryl methyl sites for hydroxylation is 1. The van der Waals surface area contributed by atoms with E-state index in [1.807, 2.05) is 17.5 Å². The Kier molecular flexibility index (Phi) is 3.63. The van der Waals surface area contributed by atoms with Gasteiger partial charge < -0.3 is 9.55 Å². The minimum Gasteiger partial charge on any atom is -0.353 e. The lowest BCUT2D eigenvalue weighted by Crippen LogP contribution is -2.35. The number of rotatable bonds is 3. The van der Waals surface area contributed by atoms with Gasteiger partial charge in [-0.25, -0.2) is 4.98 Å². The average Bonchev–Trinajstić information content (AvgIpc) is 3.20. The third-order valence-electron chi connectivity index (χ3n) is 4.34. The van der Waals surface area contributed by atoms with Gasteiger partial charge in [0.15, 0.2) is 5.82 Å². The number of hydrogen-bond acceptors (Lipinski definition) is 4. The van der Waals surface area contributed by atoms with E-state index >= 15 is 0 Å². The fraction of sp³-hybridized carbons (Fsp3) is 0.294. The minimum absolute atomic E-state index is 0.00465. The Bertz CT molecular complexity index is 878. The van der Waals surface area contributed by atoms with E-state index in [1.165, 1.54) is 5.69 Å². The molecule has 0 saturated heterocycles. The first-order chi connectivity index (χ1) is 11.2. The summed E-state index contributed by atoms with van der Waals surface area (Å²) in [6, 6.07) is 8.13. The molecule has 0 bridgehead atoms. The second-order valence-electron chi connectivity index (χ2n) is 5.89. The van der Waals surface area contributed by atoms with Crippen LogP contribution in [-0.2, 0) is 26.6 Å². The molecule has 3 aromatic heterocycles. The van der Waals surface area contributed by atoms with Gasteiger partial charge in [-0.15, -0.1) is 11.3 Å². The predicted octanol–water partition coefficient (Wildman–Crippen LogP) is 2.40. The molecule has 0 atom stereocenters. The normalized spacial score (nSPS) is 14.8. The van der Waals surface area contributed by atoms with Crippen molar-refractivity contribution in [2.45, 2.75) is 19.5 Å². The fourth-order valence-electron chi connectivity index (χ4n) is 3.04. The van der Waals surface area contributed by atoms with Crippen LogP contribution in [0.4, 0.5) is 0 Å². The third-order valence-corrected chi connectivity index (χ3v) is 5.22. The molecule has 1 N–H and O–H groups in total. The van der Waals surface area contributed by atoms with Crippen LogP contribution in [0.3, 0.4) is 0 Å². The Morgan fingerprint density at radius 3 is 3.00 bits per heavy atom. The standard InChI is InChI=1S/C17H18N4OS/c1-20-7-2-4-12(20)10-21-8-6-14-13(11-21)17(22)19-16(18-14)15-5-3-9-23-15/h2-5,7,9H,6,8,10-11H2,1H3,(H,18,19,22). The molecule has 0 aromatic carbocycles. The zero-order valence-corrected chi connectivity index (χ0v) is 13.8. The highest BCUT2D eigenvalue weighted by molar-refractivity contribution is 7.13. The van der Waals surface area contributed by atoms with Crippen LogP contribution < -0.4 is 5.56 Å². The predicted molar refractivity (Wildman–Crippen MR) is 91.4 cm³/mol. The Labute approximate surface area is 138 Å². The lowest BCUT2D eigenvalue weighted by molar-refractivity contribution is 0.237. The fourth-order valence-corrected chi connectivity index (χ4v) is 3.70. The summed E-state index contributed by atoms with van der Waals surface area (Å²) in [6.07, 6.45) is 2.87. The molecule has 0 unspecified atom stereocenters. The van der Waals surface area contributed by atoms with E-state index in [4.69, 9.17) is 0 Å². The van der Waals surface area contributed by atoms with E-state index in [0.29, 0.717) is 12.4 Å². The van der Waals surface area contributed by atoms with Gasteiger partial charge >= 0.3 is 0 Å². The van der Waals surface area contributed by atoms with Crippen molar-refractivity contribution in [1.29, 1.82) is 0 Å². The molecule has 0 fully saturated rings. The number of aromatic amines is 1. The van der Waals surface area contributed by atoms with Crippen LogP contribution in [0.2, 0.25) is 0 Å². The monoisotopic (exact) mass is 326 g/mol. The van der Waals surface area contributed by atoms with Crippen molar-refractivity contribution in [3.63, 3.8) is 0 Å². The molecular formula is C17H18N4OS. The maximum atomic E-state index is 12.5. The maximum absolute atomic E-state index is 12.5. The number of aromatic nitrogens is 3. The number of thiophene rings is 1. The molecule has 23 heavy (non-hydrogen) atoms. The number of nitrogens with one attached hydrogen (secondary N) is 1. The van der Waals surface area contributed by atoms with Crippen molar-refractivity contribution in [1.82, 2.24) is 19.4 Å². The minimum atomic E-state index is -0.00465. The van der Waals surface area contributed by atoms with Gasteiger partial charge in [0.2, 0.25) is 0 Å². The zero-order chi connectivity index (χ0) is 15.8. The molecular weight excluding hydrogens is 308 g/mol. The van der Waals surface area contributed by atoms with Crippen molar-refractivity contribution in [3.05, 3.63) is 63.1 Å². The maximum Gasteiger partial charge on any atom is 0.255 e. The van der Waals surface area contributed by atoms with E-state index in [1.54, 1.807) is 11.3 Å². The molecule has 0 spiro atoms. The first kappa shape index (κ1) is 14.4. The molecule has 5 nitrogen and oxygen atoms in total. The first-order valence-electron chi connectivity index (χ1n) is 7.69. The summed E-state index contributed by atoms with van der Waals surface area (Å²) >= 11 is 1.59.